The maximum atomic E-state index is 12.6. The molecule has 0 heterocycles. The van der Waals surface area contributed by atoms with E-state index in [1.807, 2.05) is 36.4 Å². The Labute approximate surface area is 187 Å². The van der Waals surface area contributed by atoms with E-state index in [-0.39, 0.29) is 24.9 Å². The SMILES string of the molecule is CCOP(=O)(C=C[C@@H](O)CO[Si](c1ccccc1)(c1ccccc1)C(C)(C)C)OCC. The number of benzene rings is 2. The van der Waals surface area contributed by atoms with Crippen molar-refractivity contribution in [1.82, 2.24) is 0 Å². The fourth-order valence-corrected chi connectivity index (χ4v) is 9.67. The van der Waals surface area contributed by atoms with Crippen LogP contribution in [-0.4, -0.2) is 39.3 Å². The van der Waals surface area contributed by atoms with Crippen LogP contribution in [0.3, 0.4) is 0 Å². The Balaban J connectivity index is 2.37. The molecular weight excluding hydrogens is 427 g/mol. The van der Waals surface area contributed by atoms with Crippen molar-refractivity contribution in [2.24, 2.45) is 0 Å². The summed E-state index contributed by atoms with van der Waals surface area (Å²) in [4.78, 5) is 0. The van der Waals surface area contributed by atoms with E-state index in [0.29, 0.717) is 0 Å². The highest BCUT2D eigenvalue weighted by atomic mass is 31.2. The Morgan fingerprint density at radius 1 is 0.935 bits per heavy atom. The van der Waals surface area contributed by atoms with E-state index in [1.165, 1.54) is 11.9 Å². The predicted molar refractivity (Wildman–Crippen MR) is 130 cm³/mol. The molecule has 2 aromatic rings. The van der Waals surface area contributed by atoms with Crippen LogP contribution in [0.1, 0.15) is 34.6 Å². The molecule has 2 rings (SSSR count). The zero-order valence-electron chi connectivity index (χ0n) is 19.2. The minimum atomic E-state index is -3.37. The molecule has 0 saturated carbocycles. The zero-order chi connectivity index (χ0) is 23.0. The van der Waals surface area contributed by atoms with E-state index in [0.717, 1.165) is 10.4 Å². The van der Waals surface area contributed by atoms with Gasteiger partial charge in [-0.3, -0.25) is 4.57 Å². The summed E-state index contributed by atoms with van der Waals surface area (Å²) in [6.45, 7) is 10.6. The third-order valence-corrected chi connectivity index (χ3v) is 11.8. The maximum Gasteiger partial charge on any atom is 0.353 e. The molecule has 5 nitrogen and oxygen atoms in total. The summed E-state index contributed by atoms with van der Waals surface area (Å²) in [6.07, 6.45) is 0.500. The first-order valence-electron chi connectivity index (χ1n) is 10.7. The van der Waals surface area contributed by atoms with Gasteiger partial charge in [0.25, 0.3) is 8.32 Å². The molecule has 0 fully saturated rings. The van der Waals surface area contributed by atoms with Gasteiger partial charge >= 0.3 is 7.60 Å². The van der Waals surface area contributed by atoms with Crippen LogP contribution < -0.4 is 10.4 Å². The maximum absolute atomic E-state index is 12.6. The first-order chi connectivity index (χ1) is 14.7. The molecule has 0 radical (unpaired) electrons. The third kappa shape index (κ3) is 6.48. The van der Waals surface area contributed by atoms with E-state index in [2.05, 4.69) is 45.0 Å². The first kappa shape index (κ1) is 25.7. The van der Waals surface area contributed by atoms with Gasteiger partial charge in [0.2, 0.25) is 0 Å². The van der Waals surface area contributed by atoms with E-state index in [9.17, 15) is 9.67 Å². The van der Waals surface area contributed by atoms with Crippen LogP contribution in [0.15, 0.2) is 72.6 Å². The van der Waals surface area contributed by atoms with Crippen molar-refractivity contribution in [1.29, 1.82) is 0 Å². The van der Waals surface area contributed by atoms with Gasteiger partial charge in [-0.25, -0.2) is 0 Å². The second kappa shape index (κ2) is 11.4. The van der Waals surface area contributed by atoms with Crippen LogP contribution in [0.25, 0.3) is 0 Å². The van der Waals surface area contributed by atoms with Gasteiger partial charge < -0.3 is 18.6 Å². The Morgan fingerprint density at radius 3 is 1.77 bits per heavy atom. The summed E-state index contributed by atoms with van der Waals surface area (Å²) in [5, 5.41) is 12.7. The van der Waals surface area contributed by atoms with Crippen molar-refractivity contribution in [2.45, 2.75) is 45.8 Å². The molecule has 2 aromatic carbocycles. The lowest BCUT2D eigenvalue weighted by Gasteiger charge is -2.43. The van der Waals surface area contributed by atoms with Gasteiger partial charge in [0, 0.05) is 5.82 Å². The van der Waals surface area contributed by atoms with Crippen LogP contribution >= 0.6 is 7.60 Å². The highest BCUT2D eigenvalue weighted by Gasteiger charge is 2.50. The number of rotatable bonds is 11. The molecule has 170 valence electrons. The summed E-state index contributed by atoms with van der Waals surface area (Å²) in [5.41, 5.74) is 0. The Hall–Kier alpha value is -1.53. The highest BCUT2D eigenvalue weighted by molar-refractivity contribution is 7.57. The number of aliphatic hydroxyl groups excluding tert-OH is 1. The van der Waals surface area contributed by atoms with Crippen molar-refractivity contribution in [2.75, 3.05) is 19.8 Å². The monoisotopic (exact) mass is 462 g/mol. The lowest BCUT2D eigenvalue weighted by Crippen LogP contribution is -2.67. The average molecular weight is 463 g/mol. The van der Waals surface area contributed by atoms with Gasteiger partial charge in [-0.05, 0) is 35.3 Å². The lowest BCUT2D eigenvalue weighted by molar-refractivity contribution is 0.138. The van der Waals surface area contributed by atoms with E-state index < -0.39 is 22.0 Å². The van der Waals surface area contributed by atoms with Gasteiger partial charge in [0.05, 0.1) is 25.9 Å². The smallest absolute Gasteiger partial charge is 0.353 e. The molecule has 1 atom stereocenters. The molecule has 0 saturated heterocycles. The number of aliphatic hydroxyl groups is 1. The van der Waals surface area contributed by atoms with Crippen LogP contribution in [0, 0.1) is 0 Å². The largest absolute Gasteiger partial charge is 0.404 e. The third-order valence-electron chi connectivity index (χ3n) is 5.00. The molecule has 0 amide bonds. The minimum absolute atomic E-state index is 0.0715. The van der Waals surface area contributed by atoms with E-state index in [1.54, 1.807) is 13.8 Å². The van der Waals surface area contributed by atoms with E-state index >= 15 is 0 Å². The fourth-order valence-electron chi connectivity index (χ4n) is 3.72. The summed E-state index contributed by atoms with van der Waals surface area (Å²) in [7, 11) is -6.11. The summed E-state index contributed by atoms with van der Waals surface area (Å²) >= 11 is 0. The van der Waals surface area contributed by atoms with E-state index in [4.69, 9.17) is 13.5 Å². The first-order valence-corrected chi connectivity index (χ1v) is 14.2. The van der Waals surface area contributed by atoms with Crippen LogP contribution in [0.5, 0.6) is 0 Å². The quantitative estimate of drug-likeness (QED) is 0.387. The molecule has 7 heteroatoms. The molecule has 0 aliphatic heterocycles. The Bertz CT molecular complexity index is 815. The molecule has 0 unspecified atom stereocenters. The summed E-state index contributed by atoms with van der Waals surface area (Å²) in [5.74, 6) is 1.33. The highest BCUT2D eigenvalue weighted by Crippen LogP contribution is 2.49. The van der Waals surface area contributed by atoms with Gasteiger partial charge in [0.1, 0.15) is 0 Å². The topological polar surface area (TPSA) is 65.0 Å². The van der Waals surface area contributed by atoms with Crippen molar-refractivity contribution in [3.05, 3.63) is 72.6 Å². The Kier molecular flexibility index (Phi) is 9.43. The van der Waals surface area contributed by atoms with Gasteiger partial charge in [0.15, 0.2) is 0 Å². The van der Waals surface area contributed by atoms with Crippen molar-refractivity contribution in [3.63, 3.8) is 0 Å². The zero-order valence-corrected chi connectivity index (χ0v) is 21.0. The number of hydrogen-bond donors (Lipinski definition) is 1. The minimum Gasteiger partial charge on any atom is -0.404 e. The average Bonchev–Trinajstić information content (AvgIpc) is 2.74. The summed E-state index contributed by atoms with van der Waals surface area (Å²) < 4.78 is 29.8. The van der Waals surface area contributed by atoms with Gasteiger partial charge in [-0.1, -0.05) is 81.4 Å². The predicted octanol–water partition coefficient (Wildman–Crippen LogP) is 4.70. The van der Waals surface area contributed by atoms with Crippen LogP contribution in [0.2, 0.25) is 5.04 Å². The molecule has 0 spiro atoms. The van der Waals surface area contributed by atoms with Gasteiger partial charge in [-0.2, -0.15) is 0 Å². The normalized spacial score (nSPS) is 14.1. The summed E-state index contributed by atoms with van der Waals surface area (Å²) in [6, 6.07) is 20.5. The van der Waals surface area contributed by atoms with Crippen molar-refractivity contribution < 1.29 is 23.1 Å². The van der Waals surface area contributed by atoms with Crippen LogP contribution in [0.4, 0.5) is 0 Å². The lowest BCUT2D eigenvalue weighted by atomic mass is 10.2. The van der Waals surface area contributed by atoms with Gasteiger partial charge in [-0.15, -0.1) is 0 Å². The second-order valence-electron chi connectivity index (χ2n) is 8.26. The molecule has 0 aromatic heterocycles. The van der Waals surface area contributed by atoms with Crippen molar-refractivity contribution in [3.8, 4) is 0 Å². The Morgan fingerprint density at radius 2 is 1.39 bits per heavy atom. The second-order valence-corrected chi connectivity index (χ2v) is 14.5. The molecule has 31 heavy (non-hydrogen) atoms. The van der Waals surface area contributed by atoms with Crippen LogP contribution in [-0.2, 0) is 18.0 Å². The number of hydrogen-bond acceptors (Lipinski definition) is 5. The standard InChI is InChI=1S/C24H35O5PSi/c1-6-27-30(26,28-7-2)19-18-21(25)20-29-31(24(3,4)5,22-14-10-8-11-15-22)23-16-12-9-13-17-23/h8-19,21,25H,6-7,20H2,1-5H3/t21-/m1/s1. The van der Waals surface area contributed by atoms with Crippen molar-refractivity contribution >= 4 is 26.3 Å². The molecule has 1 N–H and O–H groups in total. The molecule has 0 aliphatic carbocycles. The molecular formula is C24H35O5PSi. The molecule has 0 bridgehead atoms. The molecule has 0 aliphatic rings. The fraction of sp³-hybridized carbons (Fsp3) is 0.417.